The topological polar surface area (TPSA) is 92.1 Å². The van der Waals surface area contributed by atoms with E-state index in [1.807, 2.05) is 35.6 Å². The second-order valence-electron chi connectivity index (χ2n) is 7.49. The lowest BCUT2D eigenvalue weighted by Crippen LogP contribution is -2.38. The highest BCUT2D eigenvalue weighted by Crippen LogP contribution is 2.27. The summed E-state index contributed by atoms with van der Waals surface area (Å²) in [5, 5.41) is 7.92. The van der Waals surface area contributed by atoms with Crippen LogP contribution in [0.2, 0.25) is 0 Å². The molecule has 8 heteroatoms. The second kappa shape index (κ2) is 8.32. The van der Waals surface area contributed by atoms with E-state index in [4.69, 9.17) is 4.52 Å². The quantitative estimate of drug-likeness (QED) is 0.693. The number of piperidine rings is 1. The van der Waals surface area contributed by atoms with Crippen LogP contribution < -0.4 is 5.56 Å². The summed E-state index contributed by atoms with van der Waals surface area (Å²) in [6, 6.07) is 3.51. The van der Waals surface area contributed by atoms with Crippen LogP contribution in [0, 0.1) is 13.8 Å². The second-order valence-corrected chi connectivity index (χ2v) is 8.27. The molecular weight excluding hydrogens is 388 g/mol. The van der Waals surface area contributed by atoms with Gasteiger partial charge < -0.3 is 14.4 Å². The van der Waals surface area contributed by atoms with Crippen molar-refractivity contribution >= 4 is 17.2 Å². The Morgan fingerprint density at radius 2 is 2.14 bits per heavy atom. The van der Waals surface area contributed by atoms with Gasteiger partial charge in [-0.1, -0.05) is 5.16 Å². The molecule has 0 spiro atoms. The maximum absolute atomic E-state index is 12.6. The van der Waals surface area contributed by atoms with Crippen LogP contribution in [-0.2, 0) is 11.2 Å². The number of likely N-dealkylation sites (tertiary alicyclic amines) is 1. The van der Waals surface area contributed by atoms with Crippen molar-refractivity contribution in [1.29, 1.82) is 0 Å². The molecule has 1 fully saturated rings. The van der Waals surface area contributed by atoms with Gasteiger partial charge in [-0.05, 0) is 44.6 Å². The largest absolute Gasteiger partial charge is 0.361 e. The third-order valence-corrected chi connectivity index (χ3v) is 6.26. The Morgan fingerprint density at radius 1 is 1.34 bits per heavy atom. The molecule has 1 aliphatic rings. The zero-order valence-electron chi connectivity index (χ0n) is 16.6. The van der Waals surface area contributed by atoms with E-state index in [0.717, 1.165) is 41.2 Å². The van der Waals surface area contributed by atoms with Crippen LogP contribution in [0.4, 0.5) is 0 Å². The molecule has 1 saturated heterocycles. The summed E-state index contributed by atoms with van der Waals surface area (Å²) < 4.78 is 5.17. The number of carbonyl (C=O) groups excluding carboxylic acids is 1. The molecule has 1 N–H and O–H groups in total. The van der Waals surface area contributed by atoms with Crippen LogP contribution in [0.5, 0.6) is 0 Å². The van der Waals surface area contributed by atoms with E-state index in [9.17, 15) is 9.59 Å². The van der Waals surface area contributed by atoms with E-state index in [2.05, 4.69) is 15.1 Å². The summed E-state index contributed by atoms with van der Waals surface area (Å²) in [4.78, 5) is 34.2. The summed E-state index contributed by atoms with van der Waals surface area (Å²) in [7, 11) is 0. The molecular formula is C21H24N4O3S. The first-order valence-corrected chi connectivity index (χ1v) is 10.8. The first-order valence-electron chi connectivity index (χ1n) is 9.84. The Hall–Kier alpha value is -2.74. The Kier molecular flexibility index (Phi) is 5.62. The standard InChI is InChI=1S/C21H24N4O3S/c1-13-17(14(2)28-24-13)3-4-20(27)25-8-5-15(6-9-25)21-22-18(11-19(26)23-21)16-7-10-29-12-16/h7,10-12,15H,3-6,8-9H2,1-2H3,(H,22,23,26). The smallest absolute Gasteiger partial charge is 0.251 e. The van der Waals surface area contributed by atoms with Crippen LogP contribution >= 0.6 is 11.3 Å². The van der Waals surface area contributed by atoms with E-state index >= 15 is 0 Å². The molecule has 3 aromatic rings. The molecule has 4 heterocycles. The average Bonchev–Trinajstić information content (AvgIpc) is 3.36. The van der Waals surface area contributed by atoms with Gasteiger partial charge in [-0.25, -0.2) is 4.98 Å². The van der Waals surface area contributed by atoms with Gasteiger partial charge in [-0.15, -0.1) is 0 Å². The number of amides is 1. The molecule has 1 amide bonds. The van der Waals surface area contributed by atoms with Crippen molar-refractivity contribution in [3.63, 3.8) is 0 Å². The molecule has 29 heavy (non-hydrogen) atoms. The van der Waals surface area contributed by atoms with Crippen molar-refractivity contribution in [2.24, 2.45) is 0 Å². The molecule has 0 atom stereocenters. The van der Waals surface area contributed by atoms with Crippen LogP contribution in [0.1, 0.15) is 48.0 Å². The van der Waals surface area contributed by atoms with Gasteiger partial charge in [0.25, 0.3) is 5.56 Å². The van der Waals surface area contributed by atoms with Crippen molar-refractivity contribution < 1.29 is 9.32 Å². The van der Waals surface area contributed by atoms with Crippen molar-refractivity contribution in [2.75, 3.05) is 13.1 Å². The molecule has 4 rings (SSSR count). The van der Waals surface area contributed by atoms with Crippen molar-refractivity contribution in [3.8, 4) is 11.3 Å². The number of aromatic nitrogens is 3. The number of nitrogens with one attached hydrogen (secondary N) is 1. The monoisotopic (exact) mass is 412 g/mol. The number of hydrogen-bond donors (Lipinski definition) is 1. The van der Waals surface area contributed by atoms with E-state index in [-0.39, 0.29) is 17.4 Å². The normalized spacial score (nSPS) is 15.0. The van der Waals surface area contributed by atoms with E-state index in [0.29, 0.717) is 31.6 Å². The maximum Gasteiger partial charge on any atom is 0.251 e. The number of aryl methyl sites for hydroxylation is 2. The number of H-pyrrole nitrogens is 1. The third kappa shape index (κ3) is 4.32. The van der Waals surface area contributed by atoms with Crippen LogP contribution in [0.15, 0.2) is 32.2 Å². The molecule has 1 aliphatic heterocycles. The van der Waals surface area contributed by atoms with Gasteiger partial charge in [0.15, 0.2) is 0 Å². The lowest BCUT2D eigenvalue weighted by atomic mass is 9.95. The highest BCUT2D eigenvalue weighted by Gasteiger charge is 2.26. The van der Waals surface area contributed by atoms with Crippen LogP contribution in [-0.4, -0.2) is 39.0 Å². The fraction of sp³-hybridized carbons (Fsp3) is 0.429. The molecule has 0 radical (unpaired) electrons. The fourth-order valence-corrected chi connectivity index (χ4v) is 4.53. The van der Waals surface area contributed by atoms with Gasteiger partial charge in [-0.3, -0.25) is 9.59 Å². The maximum atomic E-state index is 12.6. The van der Waals surface area contributed by atoms with Gasteiger partial charge in [0.2, 0.25) is 5.91 Å². The molecule has 3 aromatic heterocycles. The Morgan fingerprint density at radius 3 is 2.79 bits per heavy atom. The molecule has 0 aromatic carbocycles. The highest BCUT2D eigenvalue weighted by molar-refractivity contribution is 7.08. The summed E-state index contributed by atoms with van der Waals surface area (Å²) in [6.45, 7) is 5.14. The third-order valence-electron chi connectivity index (χ3n) is 5.58. The average molecular weight is 413 g/mol. The summed E-state index contributed by atoms with van der Waals surface area (Å²) in [5.41, 5.74) is 3.43. The van der Waals surface area contributed by atoms with Crippen molar-refractivity contribution in [2.45, 2.75) is 45.4 Å². The van der Waals surface area contributed by atoms with E-state index in [1.54, 1.807) is 17.4 Å². The predicted molar refractivity (Wildman–Crippen MR) is 111 cm³/mol. The van der Waals surface area contributed by atoms with Crippen molar-refractivity contribution in [3.05, 3.63) is 56.1 Å². The SMILES string of the molecule is Cc1noc(C)c1CCC(=O)N1CCC(c2nc(-c3ccsc3)cc(=O)[nH]2)CC1. The number of rotatable bonds is 5. The van der Waals surface area contributed by atoms with Crippen LogP contribution in [0.25, 0.3) is 11.3 Å². The summed E-state index contributed by atoms with van der Waals surface area (Å²) >= 11 is 1.58. The van der Waals surface area contributed by atoms with Crippen LogP contribution in [0.3, 0.4) is 0 Å². The number of thiophene rings is 1. The minimum atomic E-state index is -0.130. The summed E-state index contributed by atoms with van der Waals surface area (Å²) in [5.74, 6) is 1.82. The molecule has 0 aliphatic carbocycles. The molecule has 0 saturated carbocycles. The minimum Gasteiger partial charge on any atom is -0.361 e. The fourth-order valence-electron chi connectivity index (χ4n) is 3.88. The highest BCUT2D eigenvalue weighted by atomic mass is 32.1. The van der Waals surface area contributed by atoms with E-state index in [1.165, 1.54) is 0 Å². The number of nitrogens with zero attached hydrogens (tertiary/aromatic N) is 3. The lowest BCUT2D eigenvalue weighted by molar-refractivity contribution is -0.132. The Balaban J connectivity index is 1.37. The van der Waals surface area contributed by atoms with Gasteiger partial charge >= 0.3 is 0 Å². The predicted octanol–water partition coefficient (Wildman–Crippen LogP) is 3.44. The van der Waals surface area contributed by atoms with Gasteiger partial charge in [-0.2, -0.15) is 11.3 Å². The summed E-state index contributed by atoms with van der Waals surface area (Å²) in [6.07, 6.45) is 2.70. The van der Waals surface area contributed by atoms with E-state index < -0.39 is 0 Å². The molecule has 0 bridgehead atoms. The van der Waals surface area contributed by atoms with Gasteiger partial charge in [0.05, 0.1) is 11.4 Å². The lowest BCUT2D eigenvalue weighted by Gasteiger charge is -2.31. The van der Waals surface area contributed by atoms with Gasteiger partial charge in [0.1, 0.15) is 11.6 Å². The molecule has 0 unspecified atom stereocenters. The first-order chi connectivity index (χ1) is 14.0. The number of carbonyl (C=O) groups is 1. The molecule has 152 valence electrons. The Labute approximate surface area is 172 Å². The molecule has 7 nitrogen and oxygen atoms in total. The zero-order valence-corrected chi connectivity index (χ0v) is 17.4. The zero-order chi connectivity index (χ0) is 20.4. The number of hydrogen-bond acceptors (Lipinski definition) is 6. The Bertz CT molecular complexity index is 1030. The number of aromatic amines is 1. The first kappa shape index (κ1) is 19.6. The minimum absolute atomic E-state index is 0.130. The van der Waals surface area contributed by atoms with Crippen molar-refractivity contribution in [1.82, 2.24) is 20.0 Å². The van der Waals surface area contributed by atoms with Gasteiger partial charge in [0, 0.05) is 48.0 Å².